The zero-order valence-electron chi connectivity index (χ0n) is 22.0. The molecule has 0 amide bonds. The first-order valence-corrected chi connectivity index (χ1v) is 13.9. The normalized spacial score (nSPS) is 11.5. The van der Waals surface area contributed by atoms with Gasteiger partial charge in [-0.3, -0.25) is 0 Å². The fraction of sp³-hybridized carbons (Fsp3) is 0. The molecule has 8 rings (SSSR count). The van der Waals surface area contributed by atoms with Gasteiger partial charge in [-0.2, -0.15) is 0 Å². The Hall–Kier alpha value is -5.20. The third-order valence-corrected chi connectivity index (χ3v) is 8.23. The van der Waals surface area contributed by atoms with Crippen LogP contribution < -0.4 is 0 Å². The van der Waals surface area contributed by atoms with Crippen LogP contribution in [-0.4, -0.2) is 0 Å². The number of hydrogen-bond donors (Lipinski definition) is 0. The lowest BCUT2D eigenvalue weighted by Gasteiger charge is -2.18. The minimum atomic E-state index is 1.25. The zero-order valence-corrected chi connectivity index (χ0v) is 22.0. The average Bonchev–Trinajstić information content (AvgIpc) is 3.03. The first-order valence-electron chi connectivity index (χ1n) is 13.9. The van der Waals surface area contributed by atoms with Crippen molar-refractivity contribution in [3.63, 3.8) is 0 Å². The fourth-order valence-electron chi connectivity index (χ4n) is 6.39. The van der Waals surface area contributed by atoms with Crippen LogP contribution in [0.25, 0.3) is 76.5 Å². The van der Waals surface area contributed by atoms with Crippen molar-refractivity contribution in [2.24, 2.45) is 0 Å². The average molecular weight is 507 g/mol. The summed E-state index contributed by atoms with van der Waals surface area (Å²) in [6.07, 6.45) is 0. The molecule has 40 heavy (non-hydrogen) atoms. The van der Waals surface area contributed by atoms with Crippen LogP contribution in [0, 0.1) is 0 Å². The lowest BCUT2D eigenvalue weighted by Crippen LogP contribution is -1.91. The summed E-state index contributed by atoms with van der Waals surface area (Å²) >= 11 is 0. The van der Waals surface area contributed by atoms with Gasteiger partial charge in [-0.15, -0.1) is 0 Å². The van der Waals surface area contributed by atoms with Crippen molar-refractivity contribution in [3.8, 4) is 33.4 Å². The van der Waals surface area contributed by atoms with Gasteiger partial charge >= 0.3 is 0 Å². The summed E-state index contributed by atoms with van der Waals surface area (Å²) in [5.41, 5.74) is 7.60. The van der Waals surface area contributed by atoms with Crippen LogP contribution in [0.5, 0.6) is 0 Å². The van der Waals surface area contributed by atoms with Crippen molar-refractivity contribution < 1.29 is 0 Å². The van der Waals surface area contributed by atoms with Gasteiger partial charge in [0, 0.05) is 0 Å². The second-order valence-corrected chi connectivity index (χ2v) is 10.5. The van der Waals surface area contributed by atoms with E-state index in [-0.39, 0.29) is 0 Å². The van der Waals surface area contributed by atoms with E-state index in [2.05, 4.69) is 158 Å². The fourth-order valence-corrected chi connectivity index (χ4v) is 6.39. The maximum Gasteiger partial charge on any atom is -0.00262 e. The molecule has 0 bridgehead atoms. The van der Waals surface area contributed by atoms with E-state index in [4.69, 9.17) is 0 Å². The quantitative estimate of drug-likeness (QED) is 0.165. The first-order chi connectivity index (χ1) is 19.8. The Balaban J connectivity index is 1.36. The summed E-state index contributed by atoms with van der Waals surface area (Å²) in [5, 5.41) is 10.3. The minimum Gasteiger partial charge on any atom is -0.0622 e. The van der Waals surface area contributed by atoms with Crippen LogP contribution in [0.15, 0.2) is 158 Å². The summed E-state index contributed by atoms with van der Waals surface area (Å²) in [6, 6.07) is 57.5. The summed E-state index contributed by atoms with van der Waals surface area (Å²) in [5.74, 6) is 0. The van der Waals surface area contributed by atoms with E-state index in [0.717, 1.165) is 0 Å². The van der Waals surface area contributed by atoms with E-state index in [1.807, 2.05) is 0 Å². The van der Waals surface area contributed by atoms with Crippen molar-refractivity contribution in [2.75, 3.05) is 0 Å². The molecule has 0 heteroatoms. The topological polar surface area (TPSA) is 0 Å². The lowest BCUT2D eigenvalue weighted by atomic mass is 9.85. The second-order valence-electron chi connectivity index (χ2n) is 10.5. The maximum absolute atomic E-state index is 2.37. The van der Waals surface area contributed by atoms with E-state index >= 15 is 0 Å². The van der Waals surface area contributed by atoms with Gasteiger partial charge in [-0.25, -0.2) is 0 Å². The van der Waals surface area contributed by atoms with Crippen LogP contribution in [-0.2, 0) is 0 Å². The van der Waals surface area contributed by atoms with Gasteiger partial charge in [0.05, 0.1) is 0 Å². The molecule has 0 aliphatic rings. The van der Waals surface area contributed by atoms with Crippen molar-refractivity contribution in [1.82, 2.24) is 0 Å². The third kappa shape index (κ3) is 3.61. The van der Waals surface area contributed by atoms with Crippen LogP contribution in [0.2, 0.25) is 0 Å². The monoisotopic (exact) mass is 506 g/mol. The lowest BCUT2D eigenvalue weighted by molar-refractivity contribution is 1.65. The molecule has 0 aliphatic carbocycles. The minimum absolute atomic E-state index is 1.25. The Bertz CT molecular complexity index is 2130. The van der Waals surface area contributed by atoms with Crippen LogP contribution in [0.3, 0.4) is 0 Å². The van der Waals surface area contributed by atoms with Crippen molar-refractivity contribution in [1.29, 1.82) is 0 Å². The Morgan fingerprint density at radius 1 is 0.225 bits per heavy atom. The smallest absolute Gasteiger partial charge is 0.00262 e. The van der Waals surface area contributed by atoms with Gasteiger partial charge in [0.2, 0.25) is 0 Å². The van der Waals surface area contributed by atoms with Crippen LogP contribution in [0.4, 0.5) is 0 Å². The van der Waals surface area contributed by atoms with Gasteiger partial charge in [-0.05, 0) is 88.6 Å². The van der Waals surface area contributed by atoms with Crippen molar-refractivity contribution >= 4 is 43.1 Å². The summed E-state index contributed by atoms with van der Waals surface area (Å²) in [6.45, 7) is 0. The molecule has 8 aromatic rings. The number of benzene rings is 8. The van der Waals surface area contributed by atoms with E-state index in [1.165, 1.54) is 76.5 Å². The van der Waals surface area contributed by atoms with Crippen LogP contribution >= 0.6 is 0 Å². The zero-order chi connectivity index (χ0) is 26.5. The molecule has 8 aromatic carbocycles. The molecule has 0 saturated heterocycles. The van der Waals surface area contributed by atoms with E-state index in [9.17, 15) is 0 Å². The molecule has 0 heterocycles. The molecule has 0 aromatic heterocycles. The molecule has 0 spiro atoms. The van der Waals surface area contributed by atoms with E-state index < -0.39 is 0 Å². The molecule has 0 fully saturated rings. The predicted octanol–water partition coefficient (Wildman–Crippen LogP) is 11.3. The Morgan fingerprint density at radius 3 is 1.15 bits per heavy atom. The first kappa shape index (κ1) is 22.8. The van der Waals surface area contributed by atoms with Gasteiger partial charge in [0.25, 0.3) is 0 Å². The Kier molecular flexibility index (Phi) is 5.24. The molecule has 0 unspecified atom stereocenters. The standard InChI is InChI=1S/C40H26/c1-3-11-27(12-4-1)29-21-23-33-30(25-29)19-20-31-26-32(22-24-34(31)33)40-37-17-9-7-15-35(37)39(28-13-5-2-6-14-28)36-16-8-10-18-38(36)40/h1-26H. The highest BCUT2D eigenvalue weighted by Crippen LogP contribution is 2.44. The van der Waals surface area contributed by atoms with Crippen LogP contribution in [0.1, 0.15) is 0 Å². The molecule has 0 nitrogen and oxygen atoms in total. The molecule has 186 valence electrons. The van der Waals surface area contributed by atoms with Gasteiger partial charge in [-0.1, -0.05) is 146 Å². The van der Waals surface area contributed by atoms with Gasteiger partial charge < -0.3 is 0 Å². The summed E-state index contributed by atoms with van der Waals surface area (Å²) < 4.78 is 0. The van der Waals surface area contributed by atoms with Crippen molar-refractivity contribution in [3.05, 3.63) is 158 Å². The molecule has 0 aliphatic heterocycles. The Labute approximate surface area is 233 Å². The molecule has 0 N–H and O–H groups in total. The molecule has 0 radical (unpaired) electrons. The van der Waals surface area contributed by atoms with Crippen molar-refractivity contribution in [2.45, 2.75) is 0 Å². The van der Waals surface area contributed by atoms with E-state index in [1.54, 1.807) is 0 Å². The third-order valence-electron chi connectivity index (χ3n) is 8.23. The highest BCUT2D eigenvalue weighted by atomic mass is 14.2. The van der Waals surface area contributed by atoms with Gasteiger partial charge in [0.15, 0.2) is 0 Å². The SMILES string of the molecule is c1ccc(-c2ccc3c(ccc4cc(-c5c6ccccc6c(-c6ccccc6)c6ccccc56)ccc43)c2)cc1. The molecular weight excluding hydrogens is 480 g/mol. The molecular formula is C40H26. The number of fused-ring (bicyclic) bond motifs is 5. The molecule has 0 atom stereocenters. The summed E-state index contributed by atoms with van der Waals surface area (Å²) in [7, 11) is 0. The molecule has 0 saturated carbocycles. The second kappa shape index (κ2) is 9.22. The van der Waals surface area contributed by atoms with E-state index in [0.29, 0.717) is 0 Å². The predicted molar refractivity (Wildman–Crippen MR) is 173 cm³/mol. The van der Waals surface area contributed by atoms with Gasteiger partial charge in [0.1, 0.15) is 0 Å². The maximum atomic E-state index is 2.37. The summed E-state index contributed by atoms with van der Waals surface area (Å²) in [4.78, 5) is 0. The largest absolute Gasteiger partial charge is 0.0622 e. The highest BCUT2D eigenvalue weighted by molar-refractivity contribution is 6.22. The Morgan fingerprint density at radius 2 is 0.625 bits per heavy atom. The number of hydrogen-bond acceptors (Lipinski definition) is 0. The number of rotatable bonds is 3. The highest BCUT2D eigenvalue weighted by Gasteiger charge is 2.16.